The Morgan fingerprint density at radius 2 is 1.70 bits per heavy atom. The number of fused-ring (bicyclic) bond motifs is 1. The van der Waals surface area contributed by atoms with Crippen LogP contribution in [-0.2, 0) is 12.8 Å². The van der Waals surface area contributed by atoms with Gasteiger partial charge >= 0.3 is 6.18 Å². The Kier molecular flexibility index (Phi) is 6.91. The predicted molar refractivity (Wildman–Crippen MR) is 134 cm³/mol. The Balaban J connectivity index is 1.47. The summed E-state index contributed by atoms with van der Waals surface area (Å²) in [5, 5.41) is 9.52. The third-order valence-corrected chi connectivity index (χ3v) is 6.44. The first-order valence-corrected chi connectivity index (χ1v) is 12.2. The fourth-order valence-corrected chi connectivity index (χ4v) is 4.61. The second-order valence-corrected chi connectivity index (χ2v) is 8.92. The molecule has 2 aromatic heterocycles. The van der Waals surface area contributed by atoms with E-state index in [9.17, 15) is 18.0 Å². The lowest BCUT2D eigenvalue weighted by Gasteiger charge is -2.14. The summed E-state index contributed by atoms with van der Waals surface area (Å²) in [6.45, 7) is -0.0773. The average molecular weight is 521 g/mol. The summed E-state index contributed by atoms with van der Waals surface area (Å²) in [5.41, 5.74) is 0.592. The van der Waals surface area contributed by atoms with Crippen LogP contribution in [0.25, 0.3) is 16.6 Å². The number of halogens is 3. The van der Waals surface area contributed by atoms with Crippen LogP contribution in [0.4, 0.5) is 13.2 Å². The first kappa shape index (κ1) is 24.5. The largest absolute Gasteiger partial charge is 0.483 e. The van der Waals surface area contributed by atoms with Crippen molar-refractivity contribution in [2.75, 3.05) is 5.75 Å². The number of pyridine rings is 1. The van der Waals surface area contributed by atoms with Crippen molar-refractivity contribution in [1.29, 1.82) is 0 Å². The molecule has 0 saturated carbocycles. The first-order chi connectivity index (χ1) is 17.9. The van der Waals surface area contributed by atoms with Gasteiger partial charge in [-0.15, -0.1) is 10.2 Å². The number of benzene rings is 3. The van der Waals surface area contributed by atoms with Crippen LogP contribution in [-0.4, -0.2) is 31.3 Å². The van der Waals surface area contributed by atoms with Gasteiger partial charge in [-0.1, -0.05) is 66.4 Å². The summed E-state index contributed by atoms with van der Waals surface area (Å²) in [5.74, 6) is 0.686. The van der Waals surface area contributed by atoms with Gasteiger partial charge < -0.3 is 4.74 Å². The standard InChI is InChI=1S/C27H19F3N4O2S/c28-27(29,30)20-11-5-12-21(15-20)34-24(16-36-23-13-4-9-19-10-6-14-31-25(19)23)32-33-26(34)37-17-22(35)18-7-2-1-3-8-18/h1-15H,16-17H2. The third kappa shape index (κ3) is 5.49. The molecule has 0 saturated heterocycles. The molecule has 186 valence electrons. The van der Waals surface area contributed by atoms with E-state index in [1.54, 1.807) is 36.5 Å². The van der Waals surface area contributed by atoms with Gasteiger partial charge in [0, 0.05) is 17.1 Å². The minimum atomic E-state index is -4.52. The van der Waals surface area contributed by atoms with Gasteiger partial charge in [0.05, 0.1) is 17.0 Å². The van der Waals surface area contributed by atoms with Crippen molar-refractivity contribution >= 4 is 28.4 Å². The molecular weight excluding hydrogens is 501 g/mol. The first-order valence-electron chi connectivity index (χ1n) is 11.2. The number of carbonyl (C=O) groups is 1. The van der Waals surface area contributed by atoms with Gasteiger partial charge in [0.25, 0.3) is 0 Å². The van der Waals surface area contributed by atoms with Crippen molar-refractivity contribution in [1.82, 2.24) is 19.7 Å². The molecular formula is C27H19F3N4O2S. The normalized spacial score (nSPS) is 11.5. The second kappa shape index (κ2) is 10.4. The molecule has 37 heavy (non-hydrogen) atoms. The van der Waals surface area contributed by atoms with Gasteiger partial charge in [-0.25, -0.2) is 0 Å². The van der Waals surface area contributed by atoms with Crippen LogP contribution in [0.3, 0.4) is 0 Å². The van der Waals surface area contributed by atoms with E-state index in [4.69, 9.17) is 4.74 Å². The Labute approximate surface area is 214 Å². The summed E-state index contributed by atoms with van der Waals surface area (Å²) < 4.78 is 47.8. The lowest BCUT2D eigenvalue weighted by molar-refractivity contribution is -0.137. The molecule has 5 aromatic rings. The molecule has 3 aromatic carbocycles. The second-order valence-electron chi connectivity index (χ2n) is 7.98. The Morgan fingerprint density at radius 1 is 0.919 bits per heavy atom. The molecule has 0 fully saturated rings. The Bertz CT molecular complexity index is 1550. The van der Waals surface area contributed by atoms with Gasteiger partial charge in [-0.3, -0.25) is 14.3 Å². The number of aromatic nitrogens is 4. The van der Waals surface area contributed by atoms with E-state index >= 15 is 0 Å². The molecule has 0 aliphatic heterocycles. The van der Waals surface area contributed by atoms with E-state index in [0.29, 0.717) is 16.8 Å². The van der Waals surface area contributed by atoms with Gasteiger partial charge in [0.1, 0.15) is 17.9 Å². The topological polar surface area (TPSA) is 69.9 Å². The maximum Gasteiger partial charge on any atom is 0.416 e. The molecule has 0 spiro atoms. The van der Waals surface area contributed by atoms with Crippen molar-refractivity contribution in [2.45, 2.75) is 17.9 Å². The lowest BCUT2D eigenvalue weighted by atomic mass is 10.2. The minimum Gasteiger partial charge on any atom is -0.483 e. The summed E-state index contributed by atoms with van der Waals surface area (Å²) in [6, 6.07) is 22.8. The zero-order valence-electron chi connectivity index (χ0n) is 19.2. The van der Waals surface area contributed by atoms with Crippen LogP contribution in [0.15, 0.2) is 96.3 Å². The molecule has 10 heteroatoms. The van der Waals surface area contributed by atoms with Crippen molar-refractivity contribution in [3.63, 3.8) is 0 Å². The highest BCUT2D eigenvalue weighted by Gasteiger charge is 2.31. The lowest BCUT2D eigenvalue weighted by Crippen LogP contribution is -2.10. The maximum absolute atomic E-state index is 13.4. The van der Waals surface area contributed by atoms with Crippen LogP contribution in [0, 0.1) is 0 Å². The smallest absolute Gasteiger partial charge is 0.416 e. The number of nitrogens with zero attached hydrogens (tertiary/aromatic N) is 4. The van der Waals surface area contributed by atoms with E-state index in [1.165, 1.54) is 16.7 Å². The number of hydrogen-bond acceptors (Lipinski definition) is 6. The highest BCUT2D eigenvalue weighted by atomic mass is 32.2. The van der Waals surface area contributed by atoms with Crippen LogP contribution < -0.4 is 4.74 Å². The predicted octanol–water partition coefficient (Wildman–Crippen LogP) is 6.39. The monoisotopic (exact) mass is 520 g/mol. The third-order valence-electron chi connectivity index (χ3n) is 5.51. The average Bonchev–Trinajstić information content (AvgIpc) is 3.33. The van der Waals surface area contributed by atoms with Crippen LogP contribution in [0.5, 0.6) is 5.75 Å². The Hall–Kier alpha value is -4.18. The molecule has 0 radical (unpaired) electrons. The van der Waals surface area contributed by atoms with Gasteiger partial charge in [-0.05, 0) is 30.3 Å². The quantitative estimate of drug-likeness (QED) is 0.175. The zero-order chi connectivity index (χ0) is 25.8. The number of thioether (sulfide) groups is 1. The van der Waals surface area contributed by atoms with Crippen molar-refractivity contribution in [2.24, 2.45) is 0 Å². The number of ether oxygens (including phenoxy) is 1. The number of para-hydroxylation sites is 1. The zero-order valence-corrected chi connectivity index (χ0v) is 20.0. The molecule has 0 bridgehead atoms. The maximum atomic E-state index is 13.4. The van der Waals surface area contributed by atoms with E-state index in [-0.39, 0.29) is 34.8 Å². The van der Waals surface area contributed by atoms with Crippen molar-refractivity contribution < 1.29 is 22.7 Å². The number of rotatable bonds is 8. The van der Waals surface area contributed by atoms with E-state index in [0.717, 1.165) is 29.3 Å². The summed E-state index contributed by atoms with van der Waals surface area (Å²) in [7, 11) is 0. The number of carbonyl (C=O) groups excluding carboxylic acids is 1. The summed E-state index contributed by atoms with van der Waals surface area (Å²) in [4.78, 5) is 17.0. The SMILES string of the molecule is O=C(CSc1nnc(COc2cccc3cccnc23)n1-c1cccc(C(F)(F)F)c1)c1ccccc1. The van der Waals surface area contributed by atoms with E-state index in [2.05, 4.69) is 15.2 Å². The Morgan fingerprint density at radius 3 is 2.51 bits per heavy atom. The highest BCUT2D eigenvalue weighted by molar-refractivity contribution is 7.99. The van der Waals surface area contributed by atoms with Gasteiger partial charge in [-0.2, -0.15) is 13.2 Å². The fraction of sp³-hybridized carbons (Fsp3) is 0.111. The van der Waals surface area contributed by atoms with Crippen LogP contribution in [0.2, 0.25) is 0 Å². The van der Waals surface area contributed by atoms with E-state index < -0.39 is 11.7 Å². The van der Waals surface area contributed by atoms with Crippen LogP contribution in [0.1, 0.15) is 21.7 Å². The summed E-state index contributed by atoms with van der Waals surface area (Å²) >= 11 is 1.09. The molecule has 6 nitrogen and oxygen atoms in total. The molecule has 0 aliphatic carbocycles. The van der Waals surface area contributed by atoms with E-state index in [1.807, 2.05) is 30.3 Å². The number of hydrogen-bond donors (Lipinski definition) is 0. The van der Waals surface area contributed by atoms with Crippen LogP contribution >= 0.6 is 11.8 Å². The highest BCUT2D eigenvalue weighted by Crippen LogP contribution is 2.32. The van der Waals surface area contributed by atoms with Crippen molar-refractivity contribution in [3.05, 3.63) is 108 Å². The molecule has 2 heterocycles. The number of alkyl halides is 3. The molecule has 0 N–H and O–H groups in total. The minimum absolute atomic E-state index is 0.0369. The molecule has 0 atom stereocenters. The molecule has 0 unspecified atom stereocenters. The fourth-order valence-electron chi connectivity index (χ4n) is 3.74. The van der Waals surface area contributed by atoms with Crippen molar-refractivity contribution in [3.8, 4) is 11.4 Å². The molecule has 5 rings (SSSR count). The summed E-state index contributed by atoms with van der Waals surface area (Å²) in [6.07, 6.45) is -2.87. The van der Waals surface area contributed by atoms with Gasteiger partial charge in [0.15, 0.2) is 16.8 Å². The molecule has 0 aliphatic rings. The number of ketones is 1. The molecule has 0 amide bonds. The number of Topliss-reactive ketones (excluding diaryl/α,β-unsaturated/α-hetero) is 1. The van der Waals surface area contributed by atoms with Gasteiger partial charge in [0.2, 0.25) is 0 Å².